The van der Waals surface area contributed by atoms with Crippen LogP contribution in [0.5, 0.6) is 5.75 Å². The lowest BCUT2D eigenvalue weighted by atomic mass is 10.1. The van der Waals surface area contributed by atoms with E-state index in [1.54, 1.807) is 13.2 Å². The predicted molar refractivity (Wildman–Crippen MR) is 89.9 cm³/mol. The van der Waals surface area contributed by atoms with Crippen molar-refractivity contribution >= 4 is 16.9 Å². The van der Waals surface area contributed by atoms with Gasteiger partial charge in [-0.2, -0.15) is 0 Å². The summed E-state index contributed by atoms with van der Waals surface area (Å²) in [6.45, 7) is 2.45. The van der Waals surface area contributed by atoms with Crippen molar-refractivity contribution in [3.63, 3.8) is 0 Å². The van der Waals surface area contributed by atoms with Crippen LogP contribution < -0.4 is 10.1 Å². The molecule has 23 heavy (non-hydrogen) atoms. The summed E-state index contributed by atoms with van der Waals surface area (Å²) in [5, 5.41) is 2.95. The van der Waals surface area contributed by atoms with Crippen molar-refractivity contribution in [2.24, 2.45) is 0 Å². The summed E-state index contributed by atoms with van der Waals surface area (Å²) in [5.41, 5.74) is 3.35. The van der Waals surface area contributed by atoms with Gasteiger partial charge in [0.2, 0.25) is 0 Å². The van der Waals surface area contributed by atoms with Crippen LogP contribution in [-0.2, 0) is 6.42 Å². The fourth-order valence-corrected chi connectivity index (χ4v) is 2.55. The molecule has 3 aromatic rings. The van der Waals surface area contributed by atoms with Crippen LogP contribution >= 0.6 is 0 Å². The van der Waals surface area contributed by atoms with Gasteiger partial charge in [-0.05, 0) is 43.2 Å². The Labute approximate surface area is 134 Å². The quantitative estimate of drug-likeness (QED) is 0.761. The molecule has 1 heterocycles. The number of rotatable bonds is 5. The third-order valence-corrected chi connectivity index (χ3v) is 3.73. The van der Waals surface area contributed by atoms with E-state index in [2.05, 4.69) is 15.3 Å². The molecule has 2 N–H and O–H groups in total. The maximum atomic E-state index is 12.4. The minimum atomic E-state index is -0.101. The number of methoxy groups -OCH3 is 1. The van der Waals surface area contributed by atoms with Crippen LogP contribution in [0.3, 0.4) is 0 Å². The van der Waals surface area contributed by atoms with Gasteiger partial charge in [-0.25, -0.2) is 4.98 Å². The number of H-pyrrole nitrogens is 1. The zero-order valence-corrected chi connectivity index (χ0v) is 13.2. The first-order chi connectivity index (χ1) is 11.2. The number of amides is 1. The summed E-state index contributed by atoms with van der Waals surface area (Å²) < 4.78 is 5.13. The number of imidazole rings is 1. The number of fused-ring (bicyclic) bond motifs is 1. The summed E-state index contributed by atoms with van der Waals surface area (Å²) in [4.78, 5) is 19.9. The Morgan fingerprint density at radius 3 is 2.74 bits per heavy atom. The van der Waals surface area contributed by atoms with Crippen LogP contribution in [0.4, 0.5) is 0 Å². The Hall–Kier alpha value is -2.82. The molecule has 0 unspecified atom stereocenters. The first kappa shape index (κ1) is 15.1. The third kappa shape index (κ3) is 3.34. The standard InChI is InChI=1S/C18H19N3O2/c1-12-20-16-5-3-4-15(17(16)21-12)18(22)19-11-10-13-6-8-14(23-2)9-7-13/h3-9H,10-11H2,1-2H3,(H,19,22)(H,20,21). The molecule has 0 spiro atoms. The van der Waals surface area contributed by atoms with Crippen LogP contribution in [0.2, 0.25) is 0 Å². The molecule has 0 aliphatic heterocycles. The molecule has 0 radical (unpaired) electrons. The maximum absolute atomic E-state index is 12.4. The van der Waals surface area contributed by atoms with Gasteiger partial charge in [0, 0.05) is 6.54 Å². The molecular formula is C18H19N3O2. The highest BCUT2D eigenvalue weighted by molar-refractivity contribution is 6.04. The highest BCUT2D eigenvalue weighted by Crippen LogP contribution is 2.16. The summed E-state index contributed by atoms with van der Waals surface area (Å²) in [6, 6.07) is 13.4. The minimum Gasteiger partial charge on any atom is -0.497 e. The lowest BCUT2D eigenvalue weighted by Gasteiger charge is -2.07. The number of hydrogen-bond donors (Lipinski definition) is 2. The largest absolute Gasteiger partial charge is 0.497 e. The van der Waals surface area contributed by atoms with Crippen molar-refractivity contribution in [1.29, 1.82) is 0 Å². The number of nitrogens with zero attached hydrogens (tertiary/aromatic N) is 1. The van der Waals surface area contributed by atoms with E-state index in [1.165, 1.54) is 0 Å². The van der Waals surface area contributed by atoms with E-state index in [1.807, 2.05) is 43.3 Å². The second kappa shape index (κ2) is 6.52. The van der Waals surface area contributed by atoms with E-state index in [4.69, 9.17) is 4.74 Å². The summed E-state index contributed by atoms with van der Waals surface area (Å²) in [6.07, 6.45) is 0.769. The number of aromatic nitrogens is 2. The normalized spacial score (nSPS) is 10.7. The Balaban J connectivity index is 1.64. The zero-order valence-electron chi connectivity index (χ0n) is 13.2. The first-order valence-electron chi connectivity index (χ1n) is 7.54. The van der Waals surface area contributed by atoms with Gasteiger partial charge in [-0.3, -0.25) is 4.79 Å². The number of ether oxygens (including phenoxy) is 1. The number of nitrogens with one attached hydrogen (secondary N) is 2. The van der Waals surface area contributed by atoms with E-state index < -0.39 is 0 Å². The summed E-state index contributed by atoms with van der Waals surface area (Å²) in [5.74, 6) is 1.53. The smallest absolute Gasteiger partial charge is 0.253 e. The first-order valence-corrected chi connectivity index (χ1v) is 7.54. The van der Waals surface area contributed by atoms with E-state index >= 15 is 0 Å². The van der Waals surface area contributed by atoms with Crippen molar-refractivity contribution in [2.75, 3.05) is 13.7 Å². The van der Waals surface area contributed by atoms with E-state index in [9.17, 15) is 4.79 Å². The number of hydrogen-bond acceptors (Lipinski definition) is 3. The molecule has 0 aliphatic carbocycles. The number of carbonyl (C=O) groups excluding carboxylic acids is 1. The molecule has 0 bridgehead atoms. The molecule has 0 atom stereocenters. The molecule has 0 aliphatic rings. The molecule has 5 nitrogen and oxygen atoms in total. The van der Waals surface area contributed by atoms with Crippen molar-refractivity contribution in [2.45, 2.75) is 13.3 Å². The SMILES string of the molecule is COc1ccc(CCNC(=O)c2cccc3[nH]c(C)nc23)cc1. The molecule has 2 aromatic carbocycles. The van der Waals surface area contributed by atoms with E-state index in [0.29, 0.717) is 17.6 Å². The topological polar surface area (TPSA) is 67.0 Å². The highest BCUT2D eigenvalue weighted by Gasteiger charge is 2.12. The van der Waals surface area contributed by atoms with Crippen LogP contribution in [0.1, 0.15) is 21.7 Å². The van der Waals surface area contributed by atoms with Crippen LogP contribution in [0, 0.1) is 6.92 Å². The lowest BCUT2D eigenvalue weighted by molar-refractivity contribution is 0.0955. The molecule has 5 heteroatoms. The second-order valence-electron chi connectivity index (χ2n) is 5.38. The van der Waals surface area contributed by atoms with E-state index in [0.717, 1.165) is 29.1 Å². The number of benzene rings is 2. The average molecular weight is 309 g/mol. The van der Waals surface area contributed by atoms with Gasteiger partial charge in [0.15, 0.2) is 0 Å². The molecule has 118 valence electrons. The Kier molecular flexibility index (Phi) is 4.28. The number of aryl methyl sites for hydroxylation is 1. The van der Waals surface area contributed by atoms with Crippen LogP contribution in [0.25, 0.3) is 11.0 Å². The molecule has 0 fully saturated rings. The van der Waals surface area contributed by atoms with Gasteiger partial charge >= 0.3 is 0 Å². The Bertz CT molecular complexity index is 822. The number of carbonyl (C=O) groups is 1. The molecule has 1 amide bonds. The average Bonchev–Trinajstić information content (AvgIpc) is 2.95. The van der Waals surface area contributed by atoms with Crippen molar-refractivity contribution in [3.8, 4) is 5.75 Å². The Morgan fingerprint density at radius 1 is 1.22 bits per heavy atom. The van der Waals surface area contributed by atoms with Crippen LogP contribution in [0.15, 0.2) is 42.5 Å². The highest BCUT2D eigenvalue weighted by atomic mass is 16.5. The van der Waals surface area contributed by atoms with Gasteiger partial charge < -0.3 is 15.0 Å². The monoisotopic (exact) mass is 309 g/mol. The lowest BCUT2D eigenvalue weighted by Crippen LogP contribution is -2.25. The molecule has 0 saturated heterocycles. The van der Waals surface area contributed by atoms with Crippen molar-refractivity contribution < 1.29 is 9.53 Å². The molecule has 0 saturated carbocycles. The van der Waals surface area contributed by atoms with Crippen LogP contribution in [-0.4, -0.2) is 29.5 Å². The van der Waals surface area contributed by atoms with Gasteiger partial charge in [0.25, 0.3) is 5.91 Å². The third-order valence-electron chi connectivity index (χ3n) is 3.73. The second-order valence-corrected chi connectivity index (χ2v) is 5.38. The van der Waals surface area contributed by atoms with Crippen molar-refractivity contribution in [1.82, 2.24) is 15.3 Å². The number of aromatic amines is 1. The zero-order chi connectivity index (χ0) is 16.2. The van der Waals surface area contributed by atoms with Gasteiger partial charge in [-0.15, -0.1) is 0 Å². The fraction of sp³-hybridized carbons (Fsp3) is 0.222. The summed E-state index contributed by atoms with van der Waals surface area (Å²) in [7, 11) is 1.65. The van der Waals surface area contributed by atoms with Gasteiger partial charge in [0.1, 0.15) is 17.1 Å². The molecular weight excluding hydrogens is 290 g/mol. The Morgan fingerprint density at radius 2 is 2.00 bits per heavy atom. The maximum Gasteiger partial charge on any atom is 0.253 e. The summed E-state index contributed by atoms with van der Waals surface area (Å²) >= 11 is 0. The molecule has 1 aromatic heterocycles. The van der Waals surface area contributed by atoms with Gasteiger partial charge in [-0.1, -0.05) is 18.2 Å². The molecule has 3 rings (SSSR count). The number of para-hydroxylation sites is 1. The fourth-order valence-electron chi connectivity index (χ4n) is 2.55. The van der Waals surface area contributed by atoms with E-state index in [-0.39, 0.29) is 5.91 Å². The van der Waals surface area contributed by atoms with Gasteiger partial charge in [0.05, 0.1) is 18.2 Å². The van der Waals surface area contributed by atoms with Crippen molar-refractivity contribution in [3.05, 3.63) is 59.4 Å². The predicted octanol–water partition coefficient (Wildman–Crippen LogP) is 2.85. The minimum absolute atomic E-state index is 0.101.